The summed E-state index contributed by atoms with van der Waals surface area (Å²) in [4.78, 5) is 0. The molecule has 1 N–H and O–H groups in total. The van der Waals surface area contributed by atoms with E-state index in [1.165, 1.54) is 25.7 Å². The van der Waals surface area contributed by atoms with Crippen molar-refractivity contribution in [2.45, 2.75) is 38.7 Å². The van der Waals surface area contributed by atoms with Gasteiger partial charge in [-0.3, -0.25) is 0 Å². The van der Waals surface area contributed by atoms with Crippen molar-refractivity contribution in [2.24, 2.45) is 17.8 Å². The monoisotopic (exact) mass is 140 g/mol. The molecule has 10 heavy (non-hydrogen) atoms. The van der Waals surface area contributed by atoms with Gasteiger partial charge in [0.1, 0.15) is 0 Å². The Kier molecular flexibility index (Phi) is 1.48. The summed E-state index contributed by atoms with van der Waals surface area (Å²) in [6.07, 6.45) is 5.50. The van der Waals surface area contributed by atoms with E-state index in [1.807, 2.05) is 6.92 Å². The van der Waals surface area contributed by atoms with Crippen LogP contribution in [0.5, 0.6) is 0 Å². The maximum Gasteiger partial charge on any atom is 0.0543 e. The predicted molar refractivity (Wildman–Crippen MR) is 40.6 cm³/mol. The van der Waals surface area contributed by atoms with E-state index < -0.39 is 0 Å². The van der Waals surface area contributed by atoms with E-state index in [-0.39, 0.29) is 6.10 Å². The Hall–Kier alpha value is -0.0400. The third kappa shape index (κ3) is 0.878. The fraction of sp³-hybridized carbons (Fsp3) is 1.00. The molecule has 58 valence electrons. The van der Waals surface area contributed by atoms with Crippen LogP contribution in [0, 0.1) is 17.8 Å². The molecule has 0 aromatic heterocycles. The Balaban J connectivity index is 2.02. The number of hydrogen-bond acceptors (Lipinski definition) is 1. The molecule has 0 aliphatic heterocycles. The van der Waals surface area contributed by atoms with E-state index in [2.05, 4.69) is 0 Å². The van der Waals surface area contributed by atoms with Crippen LogP contribution in [0.15, 0.2) is 0 Å². The highest BCUT2D eigenvalue weighted by molar-refractivity contribution is 4.91. The summed E-state index contributed by atoms with van der Waals surface area (Å²) in [5.74, 6) is 2.51. The van der Waals surface area contributed by atoms with E-state index >= 15 is 0 Å². The van der Waals surface area contributed by atoms with Gasteiger partial charge in [0.2, 0.25) is 0 Å². The fourth-order valence-corrected chi connectivity index (χ4v) is 2.88. The number of hydrogen-bond donors (Lipinski definition) is 1. The van der Waals surface area contributed by atoms with Gasteiger partial charge in [-0.05, 0) is 43.9 Å². The first-order chi connectivity index (χ1) is 4.77. The Labute approximate surface area is 62.4 Å². The summed E-state index contributed by atoms with van der Waals surface area (Å²) in [6, 6.07) is 0. The zero-order valence-electron chi connectivity index (χ0n) is 6.59. The second kappa shape index (κ2) is 2.23. The van der Waals surface area contributed by atoms with Gasteiger partial charge in [0.25, 0.3) is 0 Å². The first-order valence-corrected chi connectivity index (χ1v) is 4.45. The molecular formula is C9H16O. The minimum absolute atomic E-state index is 0.0460. The molecule has 0 unspecified atom stereocenters. The van der Waals surface area contributed by atoms with Gasteiger partial charge in [-0.25, -0.2) is 0 Å². The first-order valence-electron chi connectivity index (χ1n) is 4.45. The predicted octanol–water partition coefficient (Wildman–Crippen LogP) is 1.80. The molecule has 0 saturated heterocycles. The second-order valence-corrected chi connectivity index (χ2v) is 4.08. The lowest BCUT2D eigenvalue weighted by Gasteiger charge is -2.23. The van der Waals surface area contributed by atoms with Gasteiger partial charge in [0.15, 0.2) is 0 Å². The van der Waals surface area contributed by atoms with Crippen LogP contribution in [0.1, 0.15) is 32.6 Å². The Morgan fingerprint density at radius 2 is 2.10 bits per heavy atom. The molecular weight excluding hydrogens is 124 g/mol. The third-order valence-corrected chi connectivity index (χ3v) is 3.41. The van der Waals surface area contributed by atoms with Crippen LogP contribution in [-0.4, -0.2) is 11.2 Å². The molecule has 2 fully saturated rings. The van der Waals surface area contributed by atoms with Crippen molar-refractivity contribution < 1.29 is 5.11 Å². The molecule has 0 radical (unpaired) electrons. The van der Waals surface area contributed by atoms with E-state index in [1.54, 1.807) is 0 Å². The lowest BCUT2D eigenvalue weighted by molar-refractivity contribution is 0.0905. The average molecular weight is 140 g/mol. The van der Waals surface area contributed by atoms with Crippen LogP contribution < -0.4 is 0 Å². The van der Waals surface area contributed by atoms with Crippen LogP contribution in [0.25, 0.3) is 0 Å². The Morgan fingerprint density at radius 1 is 1.30 bits per heavy atom. The van der Waals surface area contributed by atoms with Crippen LogP contribution in [0.2, 0.25) is 0 Å². The molecule has 0 heterocycles. The van der Waals surface area contributed by atoms with Gasteiger partial charge < -0.3 is 5.11 Å². The average Bonchev–Trinajstić information content (AvgIpc) is 2.44. The standard InChI is InChI=1S/C9H16O/c1-6(10)9-5-7-2-3-8(9)4-7/h6-10H,2-5H2,1H3/t6-,7-,8+,9+/m1/s1. The van der Waals surface area contributed by atoms with E-state index in [0.717, 1.165) is 11.8 Å². The number of rotatable bonds is 1. The maximum atomic E-state index is 9.37. The molecule has 1 heteroatoms. The van der Waals surface area contributed by atoms with Crippen molar-refractivity contribution >= 4 is 0 Å². The number of fused-ring (bicyclic) bond motifs is 2. The zero-order chi connectivity index (χ0) is 7.14. The summed E-state index contributed by atoms with van der Waals surface area (Å²) in [7, 11) is 0. The highest BCUT2D eigenvalue weighted by Gasteiger charge is 2.41. The van der Waals surface area contributed by atoms with Crippen LogP contribution in [0.4, 0.5) is 0 Å². The molecule has 0 amide bonds. The SMILES string of the molecule is C[C@@H](O)[C@@H]1C[C@@H]2CC[C@H]1C2. The smallest absolute Gasteiger partial charge is 0.0543 e. The fourth-order valence-electron chi connectivity index (χ4n) is 2.88. The Bertz CT molecular complexity index is 131. The second-order valence-electron chi connectivity index (χ2n) is 4.08. The molecule has 0 aromatic carbocycles. The maximum absolute atomic E-state index is 9.37. The summed E-state index contributed by atoms with van der Waals surface area (Å²) in [5, 5.41) is 9.37. The van der Waals surface area contributed by atoms with Gasteiger partial charge in [-0.15, -0.1) is 0 Å². The summed E-state index contributed by atoms with van der Waals surface area (Å²) in [5.41, 5.74) is 0. The number of aliphatic hydroxyl groups excluding tert-OH is 1. The molecule has 2 bridgehead atoms. The molecule has 2 aliphatic rings. The van der Waals surface area contributed by atoms with Crippen molar-refractivity contribution in [3.05, 3.63) is 0 Å². The molecule has 2 rings (SSSR count). The topological polar surface area (TPSA) is 20.2 Å². The summed E-state index contributed by atoms with van der Waals surface area (Å²) in [6.45, 7) is 1.95. The highest BCUT2D eigenvalue weighted by Crippen LogP contribution is 2.49. The minimum atomic E-state index is -0.0460. The molecule has 4 atom stereocenters. The first kappa shape index (κ1) is 6.66. The van der Waals surface area contributed by atoms with Gasteiger partial charge in [0.05, 0.1) is 6.10 Å². The zero-order valence-corrected chi connectivity index (χ0v) is 6.59. The van der Waals surface area contributed by atoms with Crippen LogP contribution in [-0.2, 0) is 0 Å². The number of aliphatic hydroxyl groups is 1. The lowest BCUT2D eigenvalue weighted by atomic mass is 9.85. The molecule has 1 nitrogen and oxygen atoms in total. The quantitative estimate of drug-likeness (QED) is 0.589. The minimum Gasteiger partial charge on any atom is -0.393 e. The van der Waals surface area contributed by atoms with Gasteiger partial charge in [0, 0.05) is 0 Å². The van der Waals surface area contributed by atoms with Crippen molar-refractivity contribution in [2.75, 3.05) is 0 Å². The summed E-state index contributed by atoms with van der Waals surface area (Å²) >= 11 is 0. The van der Waals surface area contributed by atoms with Crippen LogP contribution >= 0.6 is 0 Å². The van der Waals surface area contributed by atoms with Crippen molar-refractivity contribution in [3.63, 3.8) is 0 Å². The molecule has 0 spiro atoms. The molecule has 2 saturated carbocycles. The Morgan fingerprint density at radius 3 is 2.40 bits per heavy atom. The molecule has 0 aromatic rings. The van der Waals surface area contributed by atoms with E-state index in [0.29, 0.717) is 5.92 Å². The largest absolute Gasteiger partial charge is 0.393 e. The third-order valence-electron chi connectivity index (χ3n) is 3.41. The van der Waals surface area contributed by atoms with Crippen molar-refractivity contribution in [3.8, 4) is 0 Å². The lowest BCUT2D eigenvalue weighted by Crippen LogP contribution is -2.22. The van der Waals surface area contributed by atoms with E-state index in [4.69, 9.17) is 0 Å². The van der Waals surface area contributed by atoms with Crippen LogP contribution in [0.3, 0.4) is 0 Å². The van der Waals surface area contributed by atoms with Crippen molar-refractivity contribution in [1.82, 2.24) is 0 Å². The normalized spacial score (nSPS) is 48.0. The van der Waals surface area contributed by atoms with E-state index in [9.17, 15) is 5.11 Å². The van der Waals surface area contributed by atoms with Crippen molar-refractivity contribution in [1.29, 1.82) is 0 Å². The highest BCUT2D eigenvalue weighted by atomic mass is 16.3. The van der Waals surface area contributed by atoms with Gasteiger partial charge in [-0.1, -0.05) is 6.42 Å². The van der Waals surface area contributed by atoms with Gasteiger partial charge >= 0.3 is 0 Å². The van der Waals surface area contributed by atoms with Gasteiger partial charge in [-0.2, -0.15) is 0 Å². The summed E-state index contributed by atoms with van der Waals surface area (Å²) < 4.78 is 0. The molecule has 2 aliphatic carbocycles.